The van der Waals surface area contributed by atoms with Crippen LogP contribution >= 0.6 is 0 Å². The van der Waals surface area contributed by atoms with Crippen LogP contribution in [-0.4, -0.2) is 22.6 Å². The van der Waals surface area contributed by atoms with Crippen molar-refractivity contribution in [3.05, 3.63) is 29.6 Å². The third-order valence-corrected chi connectivity index (χ3v) is 1.90. The molecule has 1 aromatic rings. The number of benzene rings is 1. The topological polar surface area (TPSA) is 105 Å². The second kappa shape index (κ2) is 5.06. The summed E-state index contributed by atoms with van der Waals surface area (Å²) >= 11 is 0. The van der Waals surface area contributed by atoms with E-state index in [0.29, 0.717) is 0 Å². The van der Waals surface area contributed by atoms with Gasteiger partial charge in [0.1, 0.15) is 11.6 Å². The van der Waals surface area contributed by atoms with E-state index in [4.69, 9.17) is 0 Å². The number of nitrogens with one attached hydrogen (secondary N) is 1. The lowest BCUT2D eigenvalue weighted by Gasteiger charge is -2.04. The van der Waals surface area contributed by atoms with Gasteiger partial charge in [-0.1, -0.05) is 0 Å². The van der Waals surface area contributed by atoms with Crippen LogP contribution in [0.25, 0.3) is 0 Å². The highest BCUT2D eigenvalue weighted by molar-refractivity contribution is 6.34. The number of nitrogens with zero attached hydrogens (tertiary/aromatic N) is 1. The zero-order chi connectivity index (χ0) is 13.0. The van der Waals surface area contributed by atoms with Gasteiger partial charge >= 0.3 is 11.8 Å². The van der Waals surface area contributed by atoms with Gasteiger partial charge in [-0.15, -0.1) is 0 Å². The zero-order valence-electron chi connectivity index (χ0n) is 8.90. The molecule has 0 unspecified atom stereocenters. The lowest BCUT2D eigenvalue weighted by molar-refractivity contribution is -0.137. The number of halogens is 1. The van der Waals surface area contributed by atoms with Gasteiger partial charge in [-0.25, -0.2) is 9.82 Å². The number of carbonyl (C=O) groups excluding carboxylic acids is 2. The Bertz CT molecular complexity index is 500. The molecule has 0 heterocycles. The number of hydrogen-bond donors (Lipinski definition) is 3. The van der Waals surface area contributed by atoms with Crippen molar-refractivity contribution in [2.75, 3.05) is 0 Å². The molecule has 0 radical (unpaired) electrons. The normalized spacial score (nSPS) is 11.1. The van der Waals surface area contributed by atoms with Gasteiger partial charge in [0.2, 0.25) is 0 Å². The molecule has 90 valence electrons. The quantitative estimate of drug-likeness (QED) is 0.380. The van der Waals surface area contributed by atoms with E-state index in [1.165, 1.54) is 6.92 Å². The Labute approximate surface area is 95.9 Å². The number of carbonyl (C=O) groups is 2. The SMILES string of the molecule is C/C(=N\NC(=O)C(N)=O)c1cc(F)ccc1O. The summed E-state index contributed by atoms with van der Waals surface area (Å²) in [5.41, 5.74) is 6.80. The van der Waals surface area contributed by atoms with E-state index in [9.17, 15) is 19.1 Å². The summed E-state index contributed by atoms with van der Waals surface area (Å²) in [6.45, 7) is 1.43. The number of hydrazone groups is 1. The number of nitrogens with two attached hydrogens (primary N) is 1. The van der Waals surface area contributed by atoms with Crippen molar-refractivity contribution in [1.82, 2.24) is 5.43 Å². The molecule has 17 heavy (non-hydrogen) atoms. The first-order valence-corrected chi connectivity index (χ1v) is 4.54. The number of phenols is 1. The van der Waals surface area contributed by atoms with Crippen LogP contribution in [0.3, 0.4) is 0 Å². The van der Waals surface area contributed by atoms with E-state index in [2.05, 4.69) is 10.8 Å². The minimum absolute atomic E-state index is 0.106. The molecule has 1 rings (SSSR count). The molecule has 6 nitrogen and oxygen atoms in total. The summed E-state index contributed by atoms with van der Waals surface area (Å²) in [6, 6.07) is 3.28. The smallest absolute Gasteiger partial charge is 0.329 e. The second-order valence-electron chi connectivity index (χ2n) is 3.16. The maximum Gasteiger partial charge on any atom is 0.329 e. The highest BCUT2D eigenvalue weighted by Crippen LogP contribution is 2.18. The summed E-state index contributed by atoms with van der Waals surface area (Å²) in [4.78, 5) is 21.2. The Morgan fingerprint density at radius 3 is 2.71 bits per heavy atom. The largest absolute Gasteiger partial charge is 0.507 e. The first-order valence-electron chi connectivity index (χ1n) is 4.54. The molecule has 0 bridgehead atoms. The van der Waals surface area contributed by atoms with E-state index in [1.807, 2.05) is 5.43 Å². The van der Waals surface area contributed by atoms with Crippen LogP contribution in [0.2, 0.25) is 0 Å². The Kier molecular flexibility index (Phi) is 3.76. The molecule has 0 fully saturated rings. The van der Waals surface area contributed by atoms with Gasteiger partial charge < -0.3 is 10.8 Å². The van der Waals surface area contributed by atoms with Gasteiger partial charge in [0.25, 0.3) is 0 Å². The number of amides is 2. The van der Waals surface area contributed by atoms with Crippen LogP contribution in [0, 0.1) is 5.82 Å². The van der Waals surface area contributed by atoms with Gasteiger partial charge in [-0.05, 0) is 25.1 Å². The van der Waals surface area contributed by atoms with Crippen LogP contribution in [0.4, 0.5) is 4.39 Å². The number of hydrogen-bond acceptors (Lipinski definition) is 4. The van der Waals surface area contributed by atoms with E-state index in [1.54, 1.807) is 0 Å². The van der Waals surface area contributed by atoms with Crippen LogP contribution in [0.5, 0.6) is 5.75 Å². The van der Waals surface area contributed by atoms with Crippen molar-refractivity contribution in [3.63, 3.8) is 0 Å². The molecule has 0 aliphatic carbocycles. The highest BCUT2D eigenvalue weighted by Gasteiger charge is 2.09. The molecule has 4 N–H and O–H groups in total. The van der Waals surface area contributed by atoms with E-state index in [0.717, 1.165) is 18.2 Å². The molecule has 1 aromatic carbocycles. The standard InChI is InChI=1S/C10H10FN3O3/c1-5(13-14-10(17)9(12)16)7-4-6(11)2-3-8(7)15/h2-4,15H,1H3,(H2,12,16)(H,14,17)/b13-5+. The summed E-state index contributed by atoms with van der Waals surface area (Å²) < 4.78 is 12.9. The Balaban J connectivity index is 2.92. The minimum Gasteiger partial charge on any atom is -0.507 e. The first-order chi connectivity index (χ1) is 7.91. The van der Waals surface area contributed by atoms with Gasteiger partial charge in [0.05, 0.1) is 5.71 Å². The van der Waals surface area contributed by atoms with Crippen LogP contribution in [0.15, 0.2) is 23.3 Å². The lowest BCUT2D eigenvalue weighted by atomic mass is 10.1. The van der Waals surface area contributed by atoms with Gasteiger partial charge in [0, 0.05) is 5.56 Å². The number of phenolic OH excluding ortho intramolecular Hbond substituents is 1. The summed E-state index contributed by atoms with van der Waals surface area (Å²) in [5.74, 6) is -3.04. The molecule has 0 aliphatic rings. The van der Waals surface area contributed by atoms with Crippen molar-refractivity contribution in [2.24, 2.45) is 10.8 Å². The van der Waals surface area contributed by atoms with Crippen molar-refractivity contribution in [3.8, 4) is 5.75 Å². The fourth-order valence-corrected chi connectivity index (χ4v) is 1.05. The Morgan fingerprint density at radius 2 is 2.12 bits per heavy atom. The molecule has 7 heteroatoms. The Morgan fingerprint density at radius 1 is 1.47 bits per heavy atom. The predicted molar refractivity (Wildman–Crippen MR) is 57.6 cm³/mol. The highest BCUT2D eigenvalue weighted by atomic mass is 19.1. The third-order valence-electron chi connectivity index (χ3n) is 1.90. The second-order valence-corrected chi connectivity index (χ2v) is 3.16. The average Bonchev–Trinajstić information content (AvgIpc) is 2.28. The molecule has 0 saturated carbocycles. The van der Waals surface area contributed by atoms with Crippen molar-refractivity contribution in [1.29, 1.82) is 0 Å². The summed E-state index contributed by atoms with van der Waals surface area (Å²) in [6.07, 6.45) is 0. The van der Waals surface area contributed by atoms with Crippen LogP contribution < -0.4 is 11.2 Å². The van der Waals surface area contributed by atoms with Gasteiger partial charge in [-0.3, -0.25) is 9.59 Å². The molecule has 0 spiro atoms. The van der Waals surface area contributed by atoms with E-state index in [-0.39, 0.29) is 17.0 Å². The van der Waals surface area contributed by atoms with E-state index < -0.39 is 17.6 Å². The molecule has 0 aromatic heterocycles. The molecule has 0 atom stereocenters. The summed E-state index contributed by atoms with van der Waals surface area (Å²) in [7, 11) is 0. The lowest BCUT2D eigenvalue weighted by Crippen LogP contribution is -2.33. The molecular formula is C10H10FN3O3. The predicted octanol–water partition coefficient (Wildman–Crippen LogP) is -0.143. The van der Waals surface area contributed by atoms with Gasteiger partial charge in [0.15, 0.2) is 0 Å². The van der Waals surface area contributed by atoms with Crippen LogP contribution in [0.1, 0.15) is 12.5 Å². The molecular weight excluding hydrogens is 229 g/mol. The third kappa shape index (κ3) is 3.26. The average molecular weight is 239 g/mol. The molecule has 0 aliphatic heterocycles. The Hall–Kier alpha value is -2.44. The van der Waals surface area contributed by atoms with Gasteiger partial charge in [-0.2, -0.15) is 5.10 Å². The molecule has 0 saturated heterocycles. The number of aromatic hydroxyl groups is 1. The van der Waals surface area contributed by atoms with Crippen molar-refractivity contribution >= 4 is 17.5 Å². The maximum atomic E-state index is 12.9. The first kappa shape index (κ1) is 12.6. The zero-order valence-corrected chi connectivity index (χ0v) is 8.90. The number of primary amides is 1. The number of rotatable bonds is 2. The van der Waals surface area contributed by atoms with Crippen LogP contribution in [-0.2, 0) is 9.59 Å². The fraction of sp³-hybridized carbons (Fsp3) is 0.100. The molecule has 2 amide bonds. The fourth-order valence-electron chi connectivity index (χ4n) is 1.05. The minimum atomic E-state index is -1.19. The van der Waals surface area contributed by atoms with E-state index >= 15 is 0 Å². The van der Waals surface area contributed by atoms with Crippen molar-refractivity contribution in [2.45, 2.75) is 6.92 Å². The summed E-state index contributed by atoms with van der Waals surface area (Å²) in [5, 5.41) is 12.9. The van der Waals surface area contributed by atoms with Crippen molar-refractivity contribution < 1.29 is 19.1 Å². The monoisotopic (exact) mass is 239 g/mol. The maximum absolute atomic E-state index is 12.9.